The first-order chi connectivity index (χ1) is 19.8. The van der Waals surface area contributed by atoms with Crippen LogP contribution in [0.4, 0.5) is 5.69 Å². The maximum Gasteiger partial charge on any atom is 0.329 e. The van der Waals surface area contributed by atoms with Gasteiger partial charge in [0.15, 0.2) is 0 Å². The third-order valence-corrected chi connectivity index (χ3v) is 7.58. The van der Waals surface area contributed by atoms with Gasteiger partial charge in [-0.2, -0.15) is 4.72 Å². The molecule has 0 aliphatic heterocycles. The van der Waals surface area contributed by atoms with Gasteiger partial charge in [-0.1, -0.05) is 30.3 Å². The number of nitro benzene ring substituents is 1. The van der Waals surface area contributed by atoms with Gasteiger partial charge in [0.1, 0.15) is 23.2 Å². The van der Waals surface area contributed by atoms with E-state index in [0.29, 0.717) is 5.56 Å². The number of benzene rings is 2. The first kappa shape index (κ1) is 34.8. The second-order valence-corrected chi connectivity index (χ2v) is 13.0. The highest BCUT2D eigenvalue weighted by atomic mass is 32.2. The second kappa shape index (κ2) is 14.2. The van der Waals surface area contributed by atoms with Crippen molar-refractivity contribution in [3.8, 4) is 0 Å². The van der Waals surface area contributed by atoms with E-state index < -0.39 is 61.9 Å². The van der Waals surface area contributed by atoms with Crippen LogP contribution in [0.1, 0.15) is 53.0 Å². The maximum absolute atomic E-state index is 13.5. The van der Waals surface area contributed by atoms with Crippen LogP contribution in [0.3, 0.4) is 0 Å². The molecule has 43 heavy (non-hydrogen) atoms. The van der Waals surface area contributed by atoms with Crippen LogP contribution in [0, 0.1) is 10.1 Å². The molecular weight excluding hydrogens is 582 g/mol. The van der Waals surface area contributed by atoms with Crippen molar-refractivity contribution >= 4 is 39.4 Å². The molecule has 2 aromatic rings. The Kier molecular flexibility index (Phi) is 11.5. The molecular formula is C28H37N5O9S. The number of amides is 3. The number of nitrogens with one attached hydrogen (secondary N) is 3. The van der Waals surface area contributed by atoms with Crippen LogP contribution in [-0.4, -0.2) is 60.3 Å². The first-order valence-corrected chi connectivity index (χ1v) is 14.7. The van der Waals surface area contributed by atoms with Gasteiger partial charge in [-0.05, 0) is 58.7 Å². The van der Waals surface area contributed by atoms with Crippen LogP contribution in [0.25, 0.3) is 0 Å². The van der Waals surface area contributed by atoms with E-state index in [2.05, 4.69) is 15.4 Å². The van der Waals surface area contributed by atoms with Crippen molar-refractivity contribution in [3.63, 3.8) is 0 Å². The van der Waals surface area contributed by atoms with Crippen molar-refractivity contribution in [3.05, 3.63) is 70.3 Å². The molecule has 0 radical (unpaired) electrons. The first-order valence-electron chi connectivity index (χ1n) is 13.3. The molecule has 0 fully saturated rings. The number of carbonyl (C=O) groups excluding carboxylic acids is 4. The summed E-state index contributed by atoms with van der Waals surface area (Å²) in [5.74, 6) is -3.16. The van der Waals surface area contributed by atoms with E-state index in [4.69, 9.17) is 10.5 Å². The van der Waals surface area contributed by atoms with E-state index in [-0.39, 0.29) is 29.8 Å². The smallest absolute Gasteiger partial charge is 0.329 e. The van der Waals surface area contributed by atoms with Gasteiger partial charge in [0.2, 0.25) is 27.7 Å². The molecule has 2 atom stereocenters. The number of ether oxygens (including phenoxy) is 1. The molecule has 2 aromatic carbocycles. The predicted molar refractivity (Wildman–Crippen MR) is 156 cm³/mol. The van der Waals surface area contributed by atoms with Gasteiger partial charge >= 0.3 is 5.97 Å². The molecule has 2 rings (SSSR count). The van der Waals surface area contributed by atoms with Gasteiger partial charge in [0.05, 0.1) is 9.82 Å². The van der Waals surface area contributed by atoms with Crippen LogP contribution < -0.4 is 21.1 Å². The minimum Gasteiger partial charge on any atom is -0.458 e. The average molecular weight is 620 g/mol. The van der Waals surface area contributed by atoms with Crippen molar-refractivity contribution in [2.45, 2.75) is 82.0 Å². The summed E-state index contributed by atoms with van der Waals surface area (Å²) in [7, 11) is -4.32. The number of carbonyl (C=O) groups is 4. The lowest BCUT2D eigenvalue weighted by atomic mass is 10.0. The number of hydrogen-bond donors (Lipinski definition) is 4. The van der Waals surface area contributed by atoms with Gasteiger partial charge in [0, 0.05) is 25.0 Å². The summed E-state index contributed by atoms with van der Waals surface area (Å²) in [5, 5.41) is 16.0. The van der Waals surface area contributed by atoms with Crippen molar-refractivity contribution in [1.82, 2.24) is 15.4 Å². The number of sulfonamides is 1. The third kappa shape index (κ3) is 11.1. The Labute approximate surface area is 249 Å². The van der Waals surface area contributed by atoms with Crippen LogP contribution in [0.15, 0.2) is 59.5 Å². The normalized spacial score (nSPS) is 13.3. The van der Waals surface area contributed by atoms with Crippen molar-refractivity contribution in [1.29, 1.82) is 0 Å². The Bertz CT molecular complexity index is 1440. The lowest BCUT2D eigenvalue weighted by Crippen LogP contribution is -2.60. The standard InChI is InChI=1S/C28H37N5O9S/c1-27(2,3)42-25(36)21(15-16-23(29)34)30-24(35)22(17-18-9-7-6-8-10-18)31-26(37)28(4,5)32-43(40,41)20-13-11-19(12-14-20)33(38)39/h6-14,21-22,32H,15-17H2,1-5H3,(H2,29,34)(H,30,35)(H,31,37)/t21-,22-/m0/s1. The third-order valence-electron chi connectivity index (χ3n) is 5.91. The number of non-ortho nitro benzene ring substituents is 1. The molecule has 0 aliphatic carbocycles. The zero-order valence-electron chi connectivity index (χ0n) is 24.6. The van der Waals surface area contributed by atoms with Crippen LogP contribution in [0.5, 0.6) is 0 Å². The zero-order valence-corrected chi connectivity index (χ0v) is 25.4. The van der Waals surface area contributed by atoms with Crippen molar-refractivity contribution in [2.24, 2.45) is 5.73 Å². The Hall–Kier alpha value is -4.37. The number of nitro groups is 1. The molecule has 0 saturated carbocycles. The van der Waals surface area contributed by atoms with Crippen molar-refractivity contribution in [2.75, 3.05) is 0 Å². The van der Waals surface area contributed by atoms with E-state index >= 15 is 0 Å². The summed E-state index contributed by atoms with van der Waals surface area (Å²) < 4.78 is 33.6. The predicted octanol–water partition coefficient (Wildman–Crippen LogP) is 1.47. The molecule has 5 N–H and O–H groups in total. The highest BCUT2D eigenvalue weighted by molar-refractivity contribution is 7.89. The molecule has 0 bridgehead atoms. The Morgan fingerprint density at radius 3 is 2.02 bits per heavy atom. The fourth-order valence-corrected chi connectivity index (χ4v) is 5.14. The van der Waals surface area contributed by atoms with Crippen LogP contribution >= 0.6 is 0 Å². The molecule has 0 unspecified atom stereocenters. The van der Waals surface area contributed by atoms with Crippen molar-refractivity contribution < 1.29 is 37.3 Å². The molecule has 3 amide bonds. The number of rotatable bonds is 14. The average Bonchev–Trinajstić information content (AvgIpc) is 2.89. The summed E-state index contributed by atoms with van der Waals surface area (Å²) in [5.41, 5.74) is 2.89. The van der Waals surface area contributed by atoms with E-state index in [1.165, 1.54) is 13.8 Å². The molecule has 0 heterocycles. The van der Waals surface area contributed by atoms with Gasteiger partial charge in [-0.3, -0.25) is 24.5 Å². The van der Waals surface area contributed by atoms with Gasteiger partial charge in [-0.15, -0.1) is 0 Å². The molecule has 15 heteroatoms. The van der Waals surface area contributed by atoms with E-state index in [1.807, 2.05) is 0 Å². The summed E-state index contributed by atoms with van der Waals surface area (Å²) >= 11 is 0. The van der Waals surface area contributed by atoms with Gasteiger partial charge in [0.25, 0.3) is 5.69 Å². The Balaban J connectivity index is 2.31. The minimum atomic E-state index is -4.32. The monoisotopic (exact) mass is 619 g/mol. The fourth-order valence-electron chi connectivity index (χ4n) is 3.77. The van der Waals surface area contributed by atoms with Gasteiger partial charge < -0.3 is 21.1 Å². The number of esters is 1. The summed E-state index contributed by atoms with van der Waals surface area (Å²) in [6.45, 7) is 7.46. The van der Waals surface area contributed by atoms with Gasteiger partial charge in [-0.25, -0.2) is 13.2 Å². The molecule has 234 valence electrons. The number of nitrogens with zero attached hydrogens (tertiary/aromatic N) is 1. The second-order valence-electron chi connectivity index (χ2n) is 11.3. The van der Waals surface area contributed by atoms with E-state index in [0.717, 1.165) is 24.3 Å². The Morgan fingerprint density at radius 2 is 1.51 bits per heavy atom. The Morgan fingerprint density at radius 1 is 0.930 bits per heavy atom. The lowest BCUT2D eigenvalue weighted by molar-refractivity contribution is -0.384. The van der Waals surface area contributed by atoms with E-state index in [1.54, 1.807) is 51.1 Å². The lowest BCUT2D eigenvalue weighted by Gasteiger charge is -2.29. The fraction of sp³-hybridized carbons (Fsp3) is 0.429. The highest BCUT2D eigenvalue weighted by Crippen LogP contribution is 2.18. The SMILES string of the molecule is CC(C)(C)OC(=O)[C@H](CCC(N)=O)NC(=O)[C@H](Cc1ccccc1)NC(=O)C(C)(C)NS(=O)(=O)c1ccc([N+](=O)[O-])cc1. The molecule has 0 aliphatic rings. The molecule has 0 saturated heterocycles. The molecule has 14 nitrogen and oxygen atoms in total. The topological polar surface area (TPSA) is 217 Å². The maximum atomic E-state index is 13.5. The molecule has 0 spiro atoms. The van der Waals surface area contributed by atoms with E-state index in [9.17, 15) is 37.7 Å². The highest BCUT2D eigenvalue weighted by Gasteiger charge is 2.37. The summed E-state index contributed by atoms with van der Waals surface area (Å²) in [4.78, 5) is 61.0. The number of nitrogens with two attached hydrogens (primary N) is 1. The number of hydrogen-bond acceptors (Lipinski definition) is 9. The largest absolute Gasteiger partial charge is 0.458 e. The summed E-state index contributed by atoms with van der Waals surface area (Å²) in [6, 6.07) is 10.2. The molecule has 0 aromatic heterocycles. The van der Waals surface area contributed by atoms with Crippen LogP contribution in [-0.2, 0) is 40.4 Å². The van der Waals surface area contributed by atoms with Crippen LogP contribution in [0.2, 0.25) is 0 Å². The minimum absolute atomic E-state index is 0.0273. The summed E-state index contributed by atoms with van der Waals surface area (Å²) in [6.07, 6.45) is -0.402. The number of primary amides is 1. The zero-order chi connectivity index (χ0) is 32.6. The quantitative estimate of drug-likeness (QED) is 0.137.